The zero-order chi connectivity index (χ0) is 19.6. The van der Waals surface area contributed by atoms with Gasteiger partial charge in [-0.2, -0.15) is 0 Å². The fourth-order valence-electron chi connectivity index (χ4n) is 3.09. The number of carbonyl (C=O) groups is 1. The van der Waals surface area contributed by atoms with Crippen LogP contribution in [0.1, 0.15) is 31.3 Å². The molecule has 1 fully saturated rings. The molecule has 1 aliphatic rings. The molecule has 0 atom stereocenters. The fourth-order valence-corrected chi connectivity index (χ4v) is 3.09. The Labute approximate surface area is 164 Å². The molecule has 0 saturated carbocycles. The number of hydrogen-bond acceptors (Lipinski definition) is 5. The van der Waals surface area contributed by atoms with Gasteiger partial charge in [0.25, 0.3) is 0 Å². The minimum atomic E-state index is -0.232. The van der Waals surface area contributed by atoms with Crippen molar-refractivity contribution in [3.05, 3.63) is 48.3 Å². The highest BCUT2D eigenvalue weighted by molar-refractivity contribution is 5.80. The van der Waals surface area contributed by atoms with Gasteiger partial charge in [-0.15, -0.1) is 0 Å². The van der Waals surface area contributed by atoms with E-state index in [1.54, 1.807) is 17.4 Å². The van der Waals surface area contributed by atoms with Crippen molar-refractivity contribution in [2.75, 3.05) is 26.2 Å². The molecule has 2 aromatic heterocycles. The molecular weight excluding hydrogens is 360 g/mol. The van der Waals surface area contributed by atoms with Gasteiger partial charge in [0.05, 0.1) is 19.1 Å². The smallest absolute Gasteiger partial charge is 0.409 e. The number of rotatable bonds is 7. The van der Waals surface area contributed by atoms with E-state index in [9.17, 15) is 4.79 Å². The summed E-state index contributed by atoms with van der Waals surface area (Å²) in [6.07, 6.45) is 5.56. The molecule has 2 aromatic rings. The molecule has 8 nitrogen and oxygen atoms in total. The molecule has 28 heavy (non-hydrogen) atoms. The number of piperidine rings is 1. The molecule has 1 amide bonds. The predicted molar refractivity (Wildman–Crippen MR) is 105 cm³/mol. The van der Waals surface area contributed by atoms with Gasteiger partial charge in [-0.3, -0.25) is 0 Å². The summed E-state index contributed by atoms with van der Waals surface area (Å²) < 4.78 is 15.8. The highest BCUT2D eigenvalue weighted by Crippen LogP contribution is 2.12. The van der Waals surface area contributed by atoms with Crippen LogP contribution in [-0.4, -0.2) is 49.2 Å². The quantitative estimate of drug-likeness (QED) is 0.560. The van der Waals surface area contributed by atoms with Gasteiger partial charge >= 0.3 is 6.09 Å². The van der Waals surface area contributed by atoms with Crippen LogP contribution in [0.3, 0.4) is 0 Å². The van der Waals surface area contributed by atoms with Crippen LogP contribution in [-0.2, 0) is 17.7 Å². The van der Waals surface area contributed by atoms with Gasteiger partial charge < -0.3 is 29.1 Å². The van der Waals surface area contributed by atoms with Crippen LogP contribution in [0.2, 0.25) is 0 Å². The lowest BCUT2D eigenvalue weighted by Gasteiger charge is -2.32. The summed E-state index contributed by atoms with van der Waals surface area (Å²) in [6, 6.07) is 7.85. The van der Waals surface area contributed by atoms with Gasteiger partial charge in [-0.25, -0.2) is 9.79 Å². The van der Waals surface area contributed by atoms with Gasteiger partial charge in [0.15, 0.2) is 5.96 Å². The van der Waals surface area contributed by atoms with E-state index in [-0.39, 0.29) is 12.1 Å². The molecule has 8 heteroatoms. The van der Waals surface area contributed by atoms with Crippen molar-refractivity contribution in [3.63, 3.8) is 0 Å². The van der Waals surface area contributed by atoms with Crippen LogP contribution in [0, 0.1) is 0 Å². The van der Waals surface area contributed by atoms with Gasteiger partial charge in [0.2, 0.25) is 0 Å². The van der Waals surface area contributed by atoms with Gasteiger partial charge in [-0.05, 0) is 44.0 Å². The molecular formula is C20H28N4O4. The topological polar surface area (TPSA) is 92.2 Å². The lowest BCUT2D eigenvalue weighted by Crippen LogP contribution is -2.50. The van der Waals surface area contributed by atoms with Crippen LogP contribution in [0.4, 0.5) is 4.79 Å². The lowest BCUT2D eigenvalue weighted by atomic mass is 10.1. The normalized spacial score (nSPS) is 15.5. The third kappa shape index (κ3) is 6.07. The highest BCUT2D eigenvalue weighted by atomic mass is 16.6. The molecule has 0 aromatic carbocycles. The monoisotopic (exact) mass is 388 g/mol. The van der Waals surface area contributed by atoms with E-state index in [0.29, 0.717) is 32.8 Å². The molecule has 152 valence electrons. The molecule has 1 aliphatic heterocycles. The maximum atomic E-state index is 11.8. The Morgan fingerprint density at radius 1 is 1.21 bits per heavy atom. The largest absolute Gasteiger partial charge is 0.469 e. The summed E-state index contributed by atoms with van der Waals surface area (Å²) in [4.78, 5) is 18.2. The third-order valence-corrected chi connectivity index (χ3v) is 4.58. The Morgan fingerprint density at radius 2 is 1.93 bits per heavy atom. The summed E-state index contributed by atoms with van der Waals surface area (Å²) >= 11 is 0. The minimum absolute atomic E-state index is 0.232. The Bertz CT molecular complexity index is 719. The molecule has 0 unspecified atom stereocenters. The van der Waals surface area contributed by atoms with Crippen LogP contribution >= 0.6 is 0 Å². The van der Waals surface area contributed by atoms with Gasteiger partial charge in [0.1, 0.15) is 18.1 Å². The summed E-state index contributed by atoms with van der Waals surface area (Å²) in [5, 5.41) is 6.83. The molecule has 0 aliphatic carbocycles. The molecule has 2 N–H and O–H groups in total. The molecule has 3 heterocycles. The molecule has 0 spiro atoms. The maximum Gasteiger partial charge on any atom is 0.409 e. The summed E-state index contributed by atoms with van der Waals surface area (Å²) in [5.41, 5.74) is 0. The molecule has 3 rings (SSSR count). The number of aliphatic imine (C=N–C) groups is 1. The maximum absolute atomic E-state index is 11.8. The summed E-state index contributed by atoms with van der Waals surface area (Å²) in [5.74, 6) is 2.47. The van der Waals surface area contributed by atoms with E-state index in [1.165, 1.54) is 0 Å². The number of ether oxygens (including phenoxy) is 1. The van der Waals surface area contributed by atoms with E-state index in [0.717, 1.165) is 36.7 Å². The Morgan fingerprint density at radius 3 is 2.57 bits per heavy atom. The van der Waals surface area contributed by atoms with Crippen molar-refractivity contribution >= 4 is 12.1 Å². The lowest BCUT2D eigenvalue weighted by molar-refractivity contribution is 0.0963. The zero-order valence-corrected chi connectivity index (χ0v) is 16.2. The van der Waals surface area contributed by atoms with Crippen LogP contribution in [0.5, 0.6) is 0 Å². The van der Waals surface area contributed by atoms with Crippen LogP contribution in [0.15, 0.2) is 50.6 Å². The molecule has 0 bridgehead atoms. The second-order valence-electron chi connectivity index (χ2n) is 6.60. The standard InChI is InChI=1S/C20H28N4O4/c1-2-26-20(25)24-11-8-16(9-12-24)23-19(22-15-18-6-4-14-28-18)21-10-7-17-5-3-13-27-17/h3-6,13-14,16H,2,7-12,15H2,1H3,(H2,21,22,23). The number of nitrogens with zero attached hydrogens (tertiary/aromatic N) is 2. The van der Waals surface area contributed by atoms with Crippen molar-refractivity contribution in [1.82, 2.24) is 15.5 Å². The number of guanidine groups is 1. The second-order valence-corrected chi connectivity index (χ2v) is 6.60. The number of nitrogens with one attached hydrogen (secondary N) is 2. The van der Waals surface area contributed by atoms with Crippen molar-refractivity contribution in [2.24, 2.45) is 4.99 Å². The fraction of sp³-hybridized carbons (Fsp3) is 0.500. The van der Waals surface area contributed by atoms with Crippen LogP contribution < -0.4 is 10.6 Å². The van der Waals surface area contributed by atoms with Gasteiger partial charge in [-0.1, -0.05) is 0 Å². The SMILES string of the molecule is CCOC(=O)N1CCC(NC(=NCc2ccco2)NCCc2ccco2)CC1. The van der Waals surface area contributed by atoms with Crippen molar-refractivity contribution < 1.29 is 18.4 Å². The van der Waals surface area contributed by atoms with Crippen molar-refractivity contribution in [1.29, 1.82) is 0 Å². The Balaban J connectivity index is 1.51. The summed E-state index contributed by atoms with van der Waals surface area (Å²) in [7, 11) is 0. The zero-order valence-electron chi connectivity index (χ0n) is 16.2. The van der Waals surface area contributed by atoms with Crippen molar-refractivity contribution in [3.8, 4) is 0 Å². The van der Waals surface area contributed by atoms with E-state index < -0.39 is 0 Å². The molecule has 0 radical (unpaired) electrons. The number of carbonyl (C=O) groups excluding carboxylic acids is 1. The van der Waals surface area contributed by atoms with Crippen LogP contribution in [0.25, 0.3) is 0 Å². The first-order valence-electron chi connectivity index (χ1n) is 9.76. The van der Waals surface area contributed by atoms with Crippen molar-refractivity contribution in [2.45, 2.75) is 38.8 Å². The second kappa shape index (κ2) is 10.4. The first kappa shape index (κ1) is 19.9. The first-order chi connectivity index (χ1) is 13.7. The average molecular weight is 388 g/mol. The number of furan rings is 2. The number of hydrogen-bond donors (Lipinski definition) is 2. The summed E-state index contributed by atoms with van der Waals surface area (Å²) in [6.45, 7) is 4.75. The Kier molecular flexibility index (Phi) is 7.40. The van der Waals surface area contributed by atoms with E-state index in [1.807, 2.05) is 31.2 Å². The Hall–Kier alpha value is -2.90. The number of amides is 1. The first-order valence-corrected chi connectivity index (χ1v) is 9.76. The third-order valence-electron chi connectivity index (χ3n) is 4.58. The minimum Gasteiger partial charge on any atom is -0.469 e. The number of likely N-dealkylation sites (tertiary alicyclic amines) is 1. The highest BCUT2D eigenvalue weighted by Gasteiger charge is 2.24. The van der Waals surface area contributed by atoms with E-state index in [2.05, 4.69) is 15.6 Å². The van der Waals surface area contributed by atoms with E-state index >= 15 is 0 Å². The molecule has 1 saturated heterocycles. The van der Waals surface area contributed by atoms with E-state index in [4.69, 9.17) is 13.6 Å². The van der Waals surface area contributed by atoms with Gasteiger partial charge in [0, 0.05) is 32.1 Å². The average Bonchev–Trinajstić information content (AvgIpc) is 3.41. The predicted octanol–water partition coefficient (Wildman–Crippen LogP) is 2.77.